The first-order chi connectivity index (χ1) is 12.1. The van der Waals surface area contributed by atoms with Crippen LogP contribution in [0, 0.1) is 0 Å². The van der Waals surface area contributed by atoms with Crippen LogP contribution in [-0.2, 0) is 29.3 Å². The van der Waals surface area contributed by atoms with E-state index in [1.165, 1.54) is 6.07 Å². The summed E-state index contributed by atoms with van der Waals surface area (Å²) in [5.74, 6) is 0.377. The molecule has 0 spiro atoms. The normalized spacial score (nSPS) is 12.6. The van der Waals surface area contributed by atoms with E-state index in [0.29, 0.717) is 17.4 Å². The minimum Gasteiger partial charge on any atom is -0.357 e. The van der Waals surface area contributed by atoms with Crippen LogP contribution in [0.15, 0.2) is 26.7 Å². The Balaban J connectivity index is 0.00000364. The minimum absolute atomic E-state index is 0. The molecule has 0 saturated carbocycles. The fourth-order valence-electron chi connectivity index (χ4n) is 1.78. The Morgan fingerprint density at radius 1 is 1.33 bits per heavy atom. The molecule has 14 heteroatoms. The second kappa shape index (κ2) is 9.99. The standard InChI is InChI=1S/C13H16F3N5O2S3.HI/c1-2-18-12(19-5-8-3-4-11(25-8)26(17,22)23)20-6-10-21-9(7-24-10)13(14,15)16;/h3-4,7H,2,5-6H2,1H3,(H2,17,22,23)(H2,18,19,20);1H. The predicted octanol–water partition coefficient (Wildman–Crippen LogP) is 2.74. The number of rotatable bonds is 6. The van der Waals surface area contributed by atoms with Crippen LogP contribution in [0.4, 0.5) is 13.2 Å². The number of guanidine groups is 1. The van der Waals surface area contributed by atoms with E-state index in [-0.39, 0.29) is 46.3 Å². The Labute approximate surface area is 179 Å². The molecule has 27 heavy (non-hydrogen) atoms. The van der Waals surface area contributed by atoms with Gasteiger partial charge in [0.15, 0.2) is 11.7 Å². The first kappa shape index (κ1) is 24.1. The van der Waals surface area contributed by atoms with Crippen LogP contribution in [0.3, 0.4) is 0 Å². The van der Waals surface area contributed by atoms with Gasteiger partial charge in [-0.1, -0.05) is 0 Å². The largest absolute Gasteiger partial charge is 0.434 e. The molecular formula is C13H17F3IN5O2S3. The van der Waals surface area contributed by atoms with Crippen molar-refractivity contribution in [3.8, 4) is 0 Å². The van der Waals surface area contributed by atoms with E-state index in [9.17, 15) is 21.6 Å². The van der Waals surface area contributed by atoms with Crippen LogP contribution in [0.1, 0.15) is 22.5 Å². The SMILES string of the molecule is CCNC(=NCc1ccc(S(N)(=O)=O)s1)NCc1nc(C(F)(F)F)cs1.I. The smallest absolute Gasteiger partial charge is 0.357 e. The van der Waals surface area contributed by atoms with Gasteiger partial charge in [0, 0.05) is 16.8 Å². The number of halogens is 4. The highest BCUT2D eigenvalue weighted by Gasteiger charge is 2.33. The number of hydrogen-bond acceptors (Lipinski definition) is 6. The number of thiophene rings is 1. The lowest BCUT2D eigenvalue weighted by molar-refractivity contribution is -0.140. The molecule has 0 radical (unpaired) electrons. The van der Waals surface area contributed by atoms with Crippen molar-refractivity contribution in [2.45, 2.75) is 30.4 Å². The summed E-state index contributed by atoms with van der Waals surface area (Å²) in [5.41, 5.74) is -0.921. The number of aromatic nitrogens is 1. The van der Waals surface area contributed by atoms with Gasteiger partial charge in [-0.15, -0.1) is 46.7 Å². The molecule has 0 saturated heterocycles. The molecule has 0 unspecified atom stereocenters. The molecule has 4 N–H and O–H groups in total. The monoisotopic (exact) mass is 555 g/mol. The molecule has 2 rings (SSSR count). The van der Waals surface area contributed by atoms with E-state index in [4.69, 9.17) is 5.14 Å². The van der Waals surface area contributed by atoms with Crippen molar-refractivity contribution in [2.75, 3.05) is 6.54 Å². The lowest BCUT2D eigenvalue weighted by Gasteiger charge is -2.09. The summed E-state index contributed by atoms with van der Waals surface area (Å²) >= 11 is 1.91. The molecule has 0 fully saturated rings. The molecule has 152 valence electrons. The van der Waals surface area contributed by atoms with Crippen molar-refractivity contribution >= 4 is 62.6 Å². The molecule has 0 aliphatic carbocycles. The zero-order valence-electron chi connectivity index (χ0n) is 13.9. The van der Waals surface area contributed by atoms with Gasteiger partial charge >= 0.3 is 6.18 Å². The van der Waals surface area contributed by atoms with Crippen LogP contribution in [0.25, 0.3) is 0 Å². The van der Waals surface area contributed by atoms with E-state index in [1.807, 2.05) is 6.92 Å². The van der Waals surface area contributed by atoms with Crippen molar-refractivity contribution < 1.29 is 21.6 Å². The third-order valence-corrected chi connectivity index (χ3v) is 6.26. The third-order valence-electron chi connectivity index (χ3n) is 2.90. The van der Waals surface area contributed by atoms with Crippen LogP contribution in [0.5, 0.6) is 0 Å². The molecule has 0 bridgehead atoms. The van der Waals surface area contributed by atoms with Crippen molar-refractivity contribution in [3.63, 3.8) is 0 Å². The second-order valence-electron chi connectivity index (χ2n) is 4.94. The van der Waals surface area contributed by atoms with Crippen LogP contribution < -0.4 is 15.8 Å². The maximum Gasteiger partial charge on any atom is 0.434 e. The molecular weight excluding hydrogens is 538 g/mol. The van der Waals surface area contributed by atoms with Crippen molar-refractivity contribution in [3.05, 3.63) is 33.1 Å². The minimum atomic E-state index is -4.46. The number of thiazole rings is 1. The van der Waals surface area contributed by atoms with Crippen molar-refractivity contribution in [2.24, 2.45) is 10.1 Å². The number of primary sulfonamides is 1. The van der Waals surface area contributed by atoms with Gasteiger partial charge in [0.25, 0.3) is 0 Å². The second-order valence-corrected chi connectivity index (χ2v) is 8.84. The number of alkyl halides is 3. The topological polar surface area (TPSA) is 109 Å². The summed E-state index contributed by atoms with van der Waals surface area (Å²) < 4.78 is 60.2. The van der Waals surface area contributed by atoms with E-state index < -0.39 is 21.9 Å². The van der Waals surface area contributed by atoms with Gasteiger partial charge in [-0.3, -0.25) is 0 Å². The molecule has 2 aromatic rings. The predicted molar refractivity (Wildman–Crippen MR) is 110 cm³/mol. The first-order valence-electron chi connectivity index (χ1n) is 7.25. The summed E-state index contributed by atoms with van der Waals surface area (Å²) in [4.78, 5) is 8.49. The van der Waals surface area contributed by atoms with Crippen LogP contribution in [0.2, 0.25) is 0 Å². The molecule has 0 amide bonds. The van der Waals surface area contributed by atoms with E-state index in [0.717, 1.165) is 28.1 Å². The fraction of sp³-hybridized carbons (Fsp3) is 0.385. The van der Waals surface area contributed by atoms with Crippen molar-refractivity contribution in [1.82, 2.24) is 15.6 Å². The lowest BCUT2D eigenvalue weighted by atomic mass is 10.5. The average molecular weight is 555 g/mol. The zero-order chi connectivity index (χ0) is 19.4. The highest BCUT2D eigenvalue weighted by Crippen LogP contribution is 2.29. The molecule has 7 nitrogen and oxygen atoms in total. The number of nitrogens with zero attached hydrogens (tertiary/aromatic N) is 2. The van der Waals surface area contributed by atoms with Crippen LogP contribution >= 0.6 is 46.7 Å². The number of sulfonamides is 1. The van der Waals surface area contributed by atoms with Gasteiger partial charge in [0.05, 0.1) is 13.1 Å². The molecule has 2 heterocycles. The number of aliphatic imine (C=N–C) groups is 1. The Morgan fingerprint density at radius 3 is 2.56 bits per heavy atom. The highest BCUT2D eigenvalue weighted by molar-refractivity contribution is 14.0. The number of nitrogens with one attached hydrogen (secondary N) is 2. The van der Waals surface area contributed by atoms with Gasteiger partial charge in [-0.05, 0) is 19.1 Å². The highest BCUT2D eigenvalue weighted by atomic mass is 127. The summed E-state index contributed by atoms with van der Waals surface area (Å²) in [5, 5.41) is 12.1. The van der Waals surface area contributed by atoms with Gasteiger partial charge < -0.3 is 10.6 Å². The van der Waals surface area contributed by atoms with Gasteiger partial charge in [0.2, 0.25) is 10.0 Å². The molecule has 0 aromatic carbocycles. The lowest BCUT2D eigenvalue weighted by Crippen LogP contribution is -2.36. The summed E-state index contributed by atoms with van der Waals surface area (Å²) in [6, 6.07) is 3.01. The Hall–Kier alpha value is -0.970. The zero-order valence-corrected chi connectivity index (χ0v) is 18.7. The van der Waals surface area contributed by atoms with Gasteiger partial charge in [-0.25, -0.2) is 23.5 Å². The molecule has 0 aliphatic rings. The fourth-order valence-corrected chi connectivity index (χ4v) is 4.22. The maximum atomic E-state index is 12.6. The molecule has 0 aliphatic heterocycles. The Morgan fingerprint density at radius 2 is 2.04 bits per heavy atom. The Kier molecular flexibility index (Phi) is 8.91. The molecule has 2 aromatic heterocycles. The quantitative estimate of drug-likeness (QED) is 0.289. The van der Waals surface area contributed by atoms with Crippen molar-refractivity contribution in [1.29, 1.82) is 0 Å². The number of hydrogen-bond donors (Lipinski definition) is 3. The summed E-state index contributed by atoms with van der Waals surface area (Å²) in [7, 11) is -3.75. The molecule has 0 atom stereocenters. The Bertz CT molecular complexity index is 880. The van der Waals surface area contributed by atoms with E-state index in [1.54, 1.807) is 6.07 Å². The summed E-state index contributed by atoms with van der Waals surface area (Å²) in [6.07, 6.45) is -4.46. The van der Waals surface area contributed by atoms with Gasteiger partial charge in [-0.2, -0.15) is 13.2 Å². The average Bonchev–Trinajstić information content (AvgIpc) is 3.18. The third kappa shape index (κ3) is 7.52. The van der Waals surface area contributed by atoms with Crippen LogP contribution in [-0.4, -0.2) is 25.9 Å². The first-order valence-corrected chi connectivity index (χ1v) is 10.5. The van der Waals surface area contributed by atoms with E-state index in [2.05, 4.69) is 20.6 Å². The summed E-state index contributed by atoms with van der Waals surface area (Å²) in [6.45, 7) is 2.66. The van der Waals surface area contributed by atoms with Gasteiger partial charge in [0.1, 0.15) is 9.22 Å². The van der Waals surface area contributed by atoms with E-state index >= 15 is 0 Å². The number of nitrogens with two attached hydrogens (primary N) is 1. The maximum absolute atomic E-state index is 12.6.